The molecule has 0 aliphatic rings. The van der Waals surface area contributed by atoms with Crippen LogP contribution in [0.3, 0.4) is 0 Å². The van der Waals surface area contributed by atoms with Gasteiger partial charge in [0.1, 0.15) is 0 Å². The van der Waals surface area contributed by atoms with Crippen molar-refractivity contribution in [2.45, 2.75) is 23.9 Å². The molecule has 0 heterocycles. The number of rotatable bonds is 2. The van der Waals surface area contributed by atoms with Crippen molar-refractivity contribution in [1.82, 2.24) is 0 Å². The molecule has 0 aromatic carbocycles. The van der Waals surface area contributed by atoms with E-state index in [1.807, 2.05) is 0 Å². The largest absolute Gasteiger partial charge is 0.735 e. The average molecular weight is 283 g/mol. The van der Waals surface area contributed by atoms with Crippen LogP contribution in [0.1, 0.15) is 0 Å². The van der Waals surface area contributed by atoms with Crippen LogP contribution in [0.15, 0.2) is 0 Å². The molecule has 0 spiro atoms. The zero-order chi connectivity index (χ0) is 14.1. The zero-order valence-electron chi connectivity index (χ0n) is 8.48. The van der Waals surface area contributed by atoms with Crippen LogP contribution in [0, 0.1) is 0 Å². The average Bonchev–Trinajstić information content (AvgIpc) is 1.97. The van der Waals surface area contributed by atoms with E-state index in [-0.39, 0.29) is 0 Å². The third-order valence-corrected chi connectivity index (χ3v) is 2.81. The summed E-state index contributed by atoms with van der Waals surface area (Å²) in [5, 5.41) is 0. The molecule has 0 saturated carbocycles. The highest BCUT2D eigenvalue weighted by Crippen LogP contribution is 2.23. The molecule has 0 aliphatic heterocycles. The van der Waals surface area contributed by atoms with E-state index in [1.165, 1.54) is 0 Å². The maximum Gasteiger partial charge on any atom is 0.626 e. The minimum absolute atomic E-state index is 0.723. The lowest BCUT2D eigenvalue weighted by atomic mass is 10.7. The van der Waals surface area contributed by atoms with Crippen molar-refractivity contribution in [2.24, 2.45) is 0 Å². The van der Waals surface area contributed by atoms with Crippen LogP contribution in [0.5, 0.6) is 0 Å². The fourth-order valence-corrected chi connectivity index (χ4v) is 2.02. The van der Waals surface area contributed by atoms with Crippen molar-refractivity contribution in [3.63, 3.8) is 0 Å². The molecule has 0 saturated heterocycles. The Bertz CT molecular complexity index is 289. The Morgan fingerprint density at radius 1 is 0.824 bits per heavy atom. The quantitative estimate of drug-likeness (QED) is 0.573. The first kappa shape index (κ1) is 16.1. The third-order valence-electron chi connectivity index (χ3n) is 1.24. The van der Waals surface area contributed by atoms with Crippen molar-refractivity contribution in [2.75, 3.05) is 0 Å². The first-order valence-electron chi connectivity index (χ1n) is 4.08. The second-order valence-electron chi connectivity index (χ2n) is 3.42. The molecule has 0 aromatic heterocycles. The number of carbonyl (C=O) groups is 2. The summed E-state index contributed by atoms with van der Waals surface area (Å²) >= 11 is -4.49. The van der Waals surface area contributed by atoms with Crippen molar-refractivity contribution in [1.29, 1.82) is 0 Å². The minimum Gasteiger partial charge on any atom is -0.735 e. The van der Waals surface area contributed by atoms with E-state index in [0.29, 0.717) is 0 Å². The molecule has 100 valence electrons. The molecule has 11 heteroatoms. The molecule has 0 fully saturated rings. The van der Waals surface area contributed by atoms with Gasteiger partial charge in [-0.05, 0) is 0 Å². The van der Waals surface area contributed by atoms with Gasteiger partial charge in [-0.2, -0.15) is 26.3 Å². The highest BCUT2D eigenvalue weighted by atomic mass is 27.3. The van der Waals surface area contributed by atoms with Gasteiger partial charge in [0.05, 0.1) is 0 Å². The molecule has 0 radical (unpaired) electrons. The lowest BCUT2D eigenvalue weighted by molar-refractivity contribution is -0.198. The lowest BCUT2D eigenvalue weighted by Crippen LogP contribution is -2.46. The lowest BCUT2D eigenvalue weighted by Gasteiger charge is -2.31. The number of hydrogen-bond donors (Lipinski definition) is 0. The second-order valence-corrected chi connectivity index (χ2v) is 7.13. The molecule has 0 rings (SSSR count). The van der Waals surface area contributed by atoms with Crippen LogP contribution >= 0.6 is 0 Å². The van der Waals surface area contributed by atoms with E-state index in [2.05, 4.69) is 7.58 Å². The summed E-state index contributed by atoms with van der Waals surface area (Å²) in [5.74, 6) is -3.94. The summed E-state index contributed by atoms with van der Waals surface area (Å²) in [6.45, 7) is 0. The maximum atomic E-state index is 11.7. The number of hydrogen-bond acceptors (Lipinski definition) is 4. The van der Waals surface area contributed by atoms with Gasteiger partial charge >= 0.3 is 38.0 Å². The molecule has 0 bridgehead atoms. The Morgan fingerprint density at radius 3 is 1.24 bits per heavy atom. The van der Waals surface area contributed by atoms with Crippen LogP contribution in [-0.2, 0) is 17.2 Å². The predicted molar refractivity (Wildman–Crippen MR) is 41.8 cm³/mol. The summed E-state index contributed by atoms with van der Waals surface area (Å²) in [4.78, 5) is 20.7. The molecule has 0 N–H and O–H groups in total. The monoisotopic (exact) mass is 283 g/mol. The van der Waals surface area contributed by atoms with Gasteiger partial charge in [0.15, 0.2) is 0 Å². The molecule has 0 aromatic rings. The molecular formula is C6H6AlF6O4-. The molecule has 0 aliphatic carbocycles. The smallest absolute Gasteiger partial charge is 0.626 e. The fourth-order valence-electron chi connectivity index (χ4n) is 0.673. The van der Waals surface area contributed by atoms with Crippen molar-refractivity contribution < 1.29 is 43.5 Å². The first-order valence-corrected chi connectivity index (χ1v) is 7.33. The minimum atomic E-state index is -5.36. The van der Waals surface area contributed by atoms with E-state index >= 15 is 0 Å². The normalized spacial score (nSPS) is 13.2. The number of alkyl halides is 6. The fraction of sp³-hybridized carbons (Fsp3) is 0.667. The van der Waals surface area contributed by atoms with Crippen LogP contribution in [0.4, 0.5) is 26.3 Å². The van der Waals surface area contributed by atoms with E-state index in [9.17, 15) is 35.9 Å². The van der Waals surface area contributed by atoms with Crippen molar-refractivity contribution in [3.8, 4) is 0 Å². The summed E-state index contributed by atoms with van der Waals surface area (Å²) in [6, 6.07) is 0. The summed E-state index contributed by atoms with van der Waals surface area (Å²) in [6.07, 6.45) is -10.7. The second kappa shape index (κ2) is 4.74. The highest BCUT2D eigenvalue weighted by Gasteiger charge is 2.48. The molecule has 4 nitrogen and oxygen atoms in total. The Kier molecular flexibility index (Phi) is 4.47. The van der Waals surface area contributed by atoms with Crippen molar-refractivity contribution in [3.05, 3.63) is 0 Å². The summed E-state index contributed by atoms with van der Waals surface area (Å²) < 4.78 is 77.9. The first-order chi connectivity index (χ1) is 7.26. The van der Waals surface area contributed by atoms with Crippen LogP contribution in [0.2, 0.25) is 11.6 Å². The Hall–Kier alpha value is -0.948. The van der Waals surface area contributed by atoms with Gasteiger partial charge in [-0.1, -0.05) is 0 Å². The van der Waals surface area contributed by atoms with Crippen LogP contribution < -0.4 is 0 Å². The van der Waals surface area contributed by atoms with Gasteiger partial charge in [0, 0.05) is 0 Å². The Labute approximate surface area is 93.8 Å². The van der Waals surface area contributed by atoms with Gasteiger partial charge < -0.3 is 7.58 Å². The molecule has 0 amide bonds. The van der Waals surface area contributed by atoms with Crippen LogP contribution in [0.25, 0.3) is 0 Å². The van der Waals surface area contributed by atoms with Gasteiger partial charge in [-0.15, -0.1) is 11.6 Å². The number of halogens is 6. The standard InChI is InChI=1S/2C2HF3O2.2CH3.Al/c2*3-2(4,5)1(6)7;;;/h2*(H,6,7);2*1H3;/q;;;;+1/p-2. The van der Waals surface area contributed by atoms with Gasteiger partial charge in [-0.3, -0.25) is 0 Å². The van der Waals surface area contributed by atoms with Gasteiger partial charge in [0.2, 0.25) is 0 Å². The zero-order valence-corrected chi connectivity index (χ0v) is 9.63. The van der Waals surface area contributed by atoms with E-state index in [0.717, 1.165) is 11.6 Å². The highest BCUT2D eigenvalue weighted by molar-refractivity contribution is 6.67. The number of carbonyl (C=O) groups excluding carboxylic acids is 2. The predicted octanol–water partition coefficient (Wildman–Crippen LogP) is 1.90. The van der Waals surface area contributed by atoms with Crippen LogP contribution in [-0.4, -0.2) is 38.0 Å². The third kappa shape index (κ3) is 5.79. The van der Waals surface area contributed by atoms with Gasteiger partial charge in [-0.25, -0.2) is 9.59 Å². The molecule has 0 unspecified atom stereocenters. The van der Waals surface area contributed by atoms with E-state index in [4.69, 9.17) is 0 Å². The maximum absolute atomic E-state index is 11.7. The molecule has 17 heavy (non-hydrogen) atoms. The van der Waals surface area contributed by atoms with E-state index in [1.54, 1.807) is 0 Å². The SMILES string of the molecule is [CH3][Al-]([CH3])([O]C(=O)C(F)(F)F)[O]C(=O)C(F)(F)F. The summed E-state index contributed by atoms with van der Waals surface area (Å²) in [5.41, 5.74) is 0. The van der Waals surface area contributed by atoms with Crippen molar-refractivity contribution >= 4 is 25.7 Å². The Balaban J connectivity index is 4.62. The van der Waals surface area contributed by atoms with E-state index < -0.39 is 38.0 Å². The molecule has 0 atom stereocenters. The summed E-state index contributed by atoms with van der Waals surface area (Å²) in [7, 11) is 0. The Morgan fingerprint density at radius 2 is 1.06 bits per heavy atom. The molecular weight excluding hydrogens is 277 g/mol. The van der Waals surface area contributed by atoms with Gasteiger partial charge in [0.25, 0.3) is 0 Å². The topological polar surface area (TPSA) is 52.6 Å².